The molecule has 0 fully saturated rings. The van der Waals surface area contributed by atoms with E-state index in [9.17, 15) is 0 Å². The molecule has 5 aromatic carbocycles. The maximum absolute atomic E-state index is 5.25. The minimum atomic E-state index is -0.00461. The monoisotopic (exact) mass is 625 g/mol. The van der Waals surface area contributed by atoms with Gasteiger partial charge in [0.2, 0.25) is 6.71 Å². The number of anilines is 6. The standard InChI is InChI=1S/C43H28BN5/c1-4-12-38-30(9-1)27-37-43(47-38)34-10-2-3-11-35(34)44(37)36-28-32(17-18-33(36)29-19-23-45-24-20-29)49-41-15-7-5-13-39(41)48(31-21-25-46-26-22-31)40-14-6-8-16-42(40)49/h1-28H. The van der Waals surface area contributed by atoms with E-state index in [4.69, 9.17) is 4.98 Å². The third kappa shape index (κ3) is 4.31. The van der Waals surface area contributed by atoms with Crippen LogP contribution in [0.3, 0.4) is 0 Å². The van der Waals surface area contributed by atoms with Gasteiger partial charge in [-0.25, -0.2) is 4.98 Å². The van der Waals surface area contributed by atoms with E-state index in [1.54, 1.807) is 0 Å². The number of hydrogen-bond acceptors (Lipinski definition) is 5. The highest BCUT2D eigenvalue weighted by Crippen LogP contribution is 2.53. The van der Waals surface area contributed by atoms with E-state index >= 15 is 0 Å². The Bertz CT molecular complexity index is 2490. The molecule has 5 nitrogen and oxygen atoms in total. The molecule has 0 saturated carbocycles. The van der Waals surface area contributed by atoms with Crippen LogP contribution in [0.25, 0.3) is 33.3 Å². The summed E-state index contributed by atoms with van der Waals surface area (Å²) in [6.45, 7) is -0.00461. The molecule has 49 heavy (non-hydrogen) atoms. The SMILES string of the molecule is c1ccc2c(c1)B(c1cc(N3c4ccccc4N(c4ccncc4)c4ccccc43)ccc1-c1ccncc1)c1cc3ccccc3nc1-2. The number of fused-ring (bicyclic) bond motifs is 6. The molecule has 0 N–H and O–H groups in total. The van der Waals surface area contributed by atoms with E-state index in [1.165, 1.54) is 27.5 Å². The Morgan fingerprint density at radius 2 is 1.02 bits per heavy atom. The predicted molar refractivity (Wildman–Crippen MR) is 202 cm³/mol. The van der Waals surface area contributed by atoms with Crippen molar-refractivity contribution >= 4 is 68.1 Å². The van der Waals surface area contributed by atoms with E-state index in [2.05, 4.69) is 165 Å². The number of para-hydroxylation sites is 5. The number of nitrogens with zero attached hydrogens (tertiary/aromatic N) is 5. The second-order valence-electron chi connectivity index (χ2n) is 12.5. The molecule has 0 spiro atoms. The van der Waals surface area contributed by atoms with Crippen LogP contribution in [0.4, 0.5) is 34.1 Å². The van der Waals surface area contributed by atoms with Crippen molar-refractivity contribution in [1.82, 2.24) is 15.0 Å². The Hall–Kier alpha value is -6.53. The van der Waals surface area contributed by atoms with Crippen LogP contribution >= 0.6 is 0 Å². The van der Waals surface area contributed by atoms with Gasteiger partial charge in [0.05, 0.1) is 34.0 Å². The molecule has 5 heterocycles. The lowest BCUT2D eigenvalue weighted by Gasteiger charge is -2.40. The molecule has 0 unspecified atom stereocenters. The van der Waals surface area contributed by atoms with Gasteiger partial charge in [0.15, 0.2) is 0 Å². The van der Waals surface area contributed by atoms with Crippen molar-refractivity contribution in [2.75, 3.05) is 9.80 Å². The third-order valence-electron chi connectivity index (χ3n) is 9.84. The van der Waals surface area contributed by atoms with Crippen LogP contribution in [0.1, 0.15) is 0 Å². The van der Waals surface area contributed by atoms with E-state index in [-0.39, 0.29) is 6.71 Å². The summed E-state index contributed by atoms with van der Waals surface area (Å²) in [5.41, 5.74) is 15.9. The summed E-state index contributed by atoms with van der Waals surface area (Å²) < 4.78 is 0. The molecule has 3 aromatic heterocycles. The molecule has 8 aromatic rings. The van der Waals surface area contributed by atoms with Gasteiger partial charge in [0.1, 0.15) is 0 Å². The molecule has 0 radical (unpaired) electrons. The summed E-state index contributed by atoms with van der Waals surface area (Å²) in [7, 11) is 0. The van der Waals surface area contributed by atoms with Crippen molar-refractivity contribution in [2.24, 2.45) is 0 Å². The minimum Gasteiger partial charge on any atom is -0.306 e. The Morgan fingerprint density at radius 1 is 0.429 bits per heavy atom. The summed E-state index contributed by atoms with van der Waals surface area (Å²) in [4.78, 5) is 18.6. The Morgan fingerprint density at radius 3 is 1.73 bits per heavy atom. The second-order valence-corrected chi connectivity index (χ2v) is 12.5. The smallest absolute Gasteiger partial charge is 0.245 e. The van der Waals surface area contributed by atoms with Gasteiger partial charge in [0, 0.05) is 36.2 Å². The van der Waals surface area contributed by atoms with Gasteiger partial charge in [-0.2, -0.15) is 0 Å². The van der Waals surface area contributed by atoms with Gasteiger partial charge in [0.25, 0.3) is 0 Å². The van der Waals surface area contributed by atoms with Gasteiger partial charge >= 0.3 is 0 Å². The molecular weight excluding hydrogens is 597 g/mol. The van der Waals surface area contributed by atoms with Crippen molar-refractivity contribution in [3.05, 3.63) is 170 Å². The van der Waals surface area contributed by atoms with Gasteiger partial charge in [-0.05, 0) is 94.3 Å². The van der Waals surface area contributed by atoms with Crippen molar-refractivity contribution < 1.29 is 0 Å². The lowest BCUT2D eigenvalue weighted by Crippen LogP contribution is -2.50. The number of hydrogen-bond donors (Lipinski definition) is 0. The van der Waals surface area contributed by atoms with Crippen molar-refractivity contribution in [3.63, 3.8) is 0 Å². The first-order chi connectivity index (χ1) is 24.3. The maximum atomic E-state index is 5.25. The van der Waals surface area contributed by atoms with E-state index < -0.39 is 0 Å². The molecule has 0 atom stereocenters. The summed E-state index contributed by atoms with van der Waals surface area (Å²) in [6.07, 6.45) is 7.46. The number of rotatable bonds is 4. The van der Waals surface area contributed by atoms with Crippen LogP contribution in [-0.2, 0) is 0 Å². The zero-order chi connectivity index (χ0) is 32.3. The Balaban J connectivity index is 1.23. The lowest BCUT2D eigenvalue weighted by atomic mass is 9.38. The van der Waals surface area contributed by atoms with Gasteiger partial charge in [-0.1, -0.05) is 89.8 Å². The van der Waals surface area contributed by atoms with Gasteiger partial charge in [-0.3, -0.25) is 9.97 Å². The van der Waals surface area contributed by atoms with Crippen LogP contribution < -0.4 is 26.2 Å². The van der Waals surface area contributed by atoms with E-state index in [1.807, 2.05) is 24.8 Å². The highest BCUT2D eigenvalue weighted by Gasteiger charge is 2.37. The molecule has 6 heteroatoms. The Labute approximate surface area is 284 Å². The molecule has 0 bridgehead atoms. The zero-order valence-electron chi connectivity index (χ0n) is 26.5. The summed E-state index contributed by atoms with van der Waals surface area (Å²) in [5.74, 6) is 0. The Kier molecular flexibility index (Phi) is 6.21. The minimum absolute atomic E-state index is 0.00461. The number of pyridine rings is 3. The quantitative estimate of drug-likeness (QED) is 0.184. The summed E-state index contributed by atoms with van der Waals surface area (Å²) >= 11 is 0. The number of benzene rings is 5. The first kappa shape index (κ1) is 27.6. The molecule has 10 rings (SSSR count). The predicted octanol–water partition coefficient (Wildman–Crippen LogP) is 8.44. The van der Waals surface area contributed by atoms with Crippen LogP contribution in [0.5, 0.6) is 0 Å². The molecule has 2 aliphatic rings. The molecule has 228 valence electrons. The molecule has 0 amide bonds. The highest BCUT2D eigenvalue weighted by atomic mass is 15.3. The summed E-state index contributed by atoms with van der Waals surface area (Å²) in [5, 5.41) is 1.15. The highest BCUT2D eigenvalue weighted by molar-refractivity contribution is 6.99. The zero-order valence-corrected chi connectivity index (χ0v) is 26.5. The van der Waals surface area contributed by atoms with Gasteiger partial charge < -0.3 is 9.80 Å². The van der Waals surface area contributed by atoms with Crippen LogP contribution in [-0.4, -0.2) is 21.7 Å². The molecule has 0 saturated heterocycles. The number of aromatic nitrogens is 3. The fourth-order valence-corrected chi connectivity index (χ4v) is 7.75. The normalized spacial score (nSPS) is 12.8. The van der Waals surface area contributed by atoms with Crippen LogP contribution in [0.15, 0.2) is 170 Å². The third-order valence-corrected chi connectivity index (χ3v) is 9.84. The molecule has 0 aliphatic carbocycles. The fourth-order valence-electron chi connectivity index (χ4n) is 7.75. The maximum Gasteiger partial charge on any atom is 0.245 e. The van der Waals surface area contributed by atoms with E-state index in [0.717, 1.165) is 56.3 Å². The van der Waals surface area contributed by atoms with Crippen molar-refractivity contribution in [3.8, 4) is 22.4 Å². The van der Waals surface area contributed by atoms with Crippen LogP contribution in [0.2, 0.25) is 0 Å². The molecule has 2 aliphatic heterocycles. The lowest BCUT2D eigenvalue weighted by molar-refractivity contribution is 1.16. The van der Waals surface area contributed by atoms with Crippen LogP contribution in [0, 0.1) is 0 Å². The molecular formula is C43H28BN5. The largest absolute Gasteiger partial charge is 0.306 e. The van der Waals surface area contributed by atoms with Gasteiger partial charge in [-0.15, -0.1) is 0 Å². The summed E-state index contributed by atoms with van der Waals surface area (Å²) in [6, 6.07) is 52.1. The van der Waals surface area contributed by atoms with Crippen molar-refractivity contribution in [2.45, 2.75) is 0 Å². The second kappa shape index (κ2) is 11.0. The topological polar surface area (TPSA) is 45.2 Å². The average molecular weight is 626 g/mol. The van der Waals surface area contributed by atoms with Crippen molar-refractivity contribution in [1.29, 1.82) is 0 Å². The first-order valence-electron chi connectivity index (χ1n) is 16.6. The first-order valence-corrected chi connectivity index (χ1v) is 16.6. The van der Waals surface area contributed by atoms with E-state index in [0.29, 0.717) is 0 Å². The fraction of sp³-hybridized carbons (Fsp3) is 0. The average Bonchev–Trinajstić information content (AvgIpc) is 3.49.